The van der Waals surface area contributed by atoms with Crippen molar-refractivity contribution >= 4 is 27.0 Å². The maximum absolute atomic E-state index is 11.7. The summed E-state index contributed by atoms with van der Waals surface area (Å²) < 4.78 is 1.02. The Morgan fingerprint density at radius 2 is 2.00 bits per heavy atom. The molecule has 0 amide bonds. The predicted octanol–water partition coefficient (Wildman–Crippen LogP) is 2.00. The fourth-order valence-electron chi connectivity index (χ4n) is 1.77. The number of aromatic amines is 2. The maximum atomic E-state index is 11.7. The first kappa shape index (κ1) is 11.2. The van der Waals surface area contributed by atoms with Gasteiger partial charge in [0.25, 0.3) is 5.56 Å². The summed E-state index contributed by atoms with van der Waals surface area (Å²) in [7, 11) is 0. The van der Waals surface area contributed by atoms with Gasteiger partial charge in [0.1, 0.15) is 11.2 Å². The van der Waals surface area contributed by atoms with Crippen LogP contribution in [0.15, 0.2) is 39.7 Å². The van der Waals surface area contributed by atoms with Crippen LogP contribution in [0.4, 0.5) is 0 Å². The molecule has 0 radical (unpaired) electrons. The molecule has 2 aromatic heterocycles. The van der Waals surface area contributed by atoms with Crippen molar-refractivity contribution < 1.29 is 0 Å². The van der Waals surface area contributed by atoms with Gasteiger partial charge in [0.2, 0.25) is 0 Å². The number of nitrogens with zero attached hydrogens (tertiary/aromatic N) is 2. The maximum Gasteiger partial charge on any atom is 0.262 e. The van der Waals surface area contributed by atoms with Gasteiger partial charge in [-0.2, -0.15) is 5.10 Å². The van der Waals surface area contributed by atoms with Gasteiger partial charge in [-0.3, -0.25) is 9.89 Å². The molecule has 0 saturated heterocycles. The zero-order chi connectivity index (χ0) is 12.5. The van der Waals surface area contributed by atoms with Crippen molar-refractivity contribution in [2.75, 3.05) is 0 Å². The molecule has 3 aromatic rings. The molecule has 2 heterocycles. The van der Waals surface area contributed by atoms with E-state index in [9.17, 15) is 4.79 Å². The van der Waals surface area contributed by atoms with Gasteiger partial charge in [-0.25, -0.2) is 4.98 Å². The van der Waals surface area contributed by atoms with Gasteiger partial charge in [-0.05, 0) is 17.7 Å². The third-order valence-electron chi connectivity index (χ3n) is 2.65. The van der Waals surface area contributed by atoms with Crippen LogP contribution in [0.2, 0.25) is 0 Å². The Kier molecular flexibility index (Phi) is 2.71. The normalized spacial score (nSPS) is 10.9. The smallest absolute Gasteiger partial charge is 0.262 e. The second-order valence-electron chi connectivity index (χ2n) is 3.95. The molecule has 0 aliphatic rings. The number of halogens is 1. The SMILES string of the molecule is O=c1[nH]c(Cc2ccc(Br)cc2)nc2[nH]ncc12. The van der Waals surface area contributed by atoms with E-state index >= 15 is 0 Å². The second kappa shape index (κ2) is 4.38. The van der Waals surface area contributed by atoms with Crippen LogP contribution in [0, 0.1) is 0 Å². The van der Waals surface area contributed by atoms with Crippen LogP contribution in [-0.4, -0.2) is 20.2 Å². The summed E-state index contributed by atoms with van der Waals surface area (Å²) in [6, 6.07) is 7.90. The minimum Gasteiger partial charge on any atom is -0.310 e. The van der Waals surface area contributed by atoms with Gasteiger partial charge in [-0.15, -0.1) is 0 Å². The highest BCUT2D eigenvalue weighted by Crippen LogP contribution is 2.12. The van der Waals surface area contributed by atoms with Crippen molar-refractivity contribution in [1.29, 1.82) is 0 Å². The number of nitrogens with one attached hydrogen (secondary N) is 2. The molecule has 0 atom stereocenters. The largest absolute Gasteiger partial charge is 0.310 e. The number of H-pyrrole nitrogens is 2. The van der Waals surface area contributed by atoms with Crippen LogP contribution < -0.4 is 5.56 Å². The number of rotatable bonds is 2. The summed E-state index contributed by atoms with van der Waals surface area (Å²) in [5, 5.41) is 7.00. The third-order valence-corrected chi connectivity index (χ3v) is 3.18. The van der Waals surface area contributed by atoms with Crippen molar-refractivity contribution in [2.24, 2.45) is 0 Å². The van der Waals surface area contributed by atoms with Gasteiger partial charge in [0.05, 0.1) is 6.20 Å². The van der Waals surface area contributed by atoms with E-state index in [0.29, 0.717) is 23.3 Å². The Bertz CT molecular complexity index is 745. The lowest BCUT2D eigenvalue weighted by atomic mass is 10.1. The molecule has 6 heteroatoms. The van der Waals surface area contributed by atoms with E-state index in [0.717, 1.165) is 10.0 Å². The van der Waals surface area contributed by atoms with Gasteiger partial charge >= 0.3 is 0 Å². The molecule has 0 aliphatic heterocycles. The minimum atomic E-state index is -0.166. The van der Waals surface area contributed by atoms with Crippen LogP contribution in [0.5, 0.6) is 0 Å². The number of fused-ring (bicyclic) bond motifs is 1. The zero-order valence-corrected chi connectivity index (χ0v) is 10.9. The Hall–Kier alpha value is -1.95. The van der Waals surface area contributed by atoms with Crippen LogP contribution in [0.25, 0.3) is 11.0 Å². The van der Waals surface area contributed by atoms with Crippen molar-refractivity contribution in [1.82, 2.24) is 20.2 Å². The van der Waals surface area contributed by atoms with Crippen LogP contribution in [0.3, 0.4) is 0 Å². The summed E-state index contributed by atoms with van der Waals surface area (Å²) >= 11 is 3.38. The van der Waals surface area contributed by atoms with E-state index in [1.807, 2.05) is 24.3 Å². The van der Waals surface area contributed by atoms with Crippen molar-refractivity contribution in [3.8, 4) is 0 Å². The Labute approximate surface area is 110 Å². The molecule has 2 N–H and O–H groups in total. The fraction of sp³-hybridized carbons (Fsp3) is 0.0833. The molecule has 0 spiro atoms. The molecule has 1 aromatic carbocycles. The second-order valence-corrected chi connectivity index (χ2v) is 4.86. The number of benzene rings is 1. The standard InChI is InChI=1S/C12H9BrN4O/c13-8-3-1-7(2-4-8)5-10-15-11-9(6-14-17-11)12(18)16-10/h1-4,6H,5H2,(H2,14,15,16,17,18). The first-order valence-corrected chi connectivity index (χ1v) is 6.18. The molecular weight excluding hydrogens is 296 g/mol. The van der Waals surface area contributed by atoms with E-state index in [4.69, 9.17) is 0 Å². The lowest BCUT2D eigenvalue weighted by Crippen LogP contribution is -2.11. The lowest BCUT2D eigenvalue weighted by molar-refractivity contribution is 0.961. The Balaban J connectivity index is 1.99. The van der Waals surface area contributed by atoms with Gasteiger partial charge < -0.3 is 4.98 Å². The number of hydrogen-bond donors (Lipinski definition) is 2. The molecule has 0 saturated carbocycles. The lowest BCUT2D eigenvalue weighted by Gasteiger charge is -2.01. The van der Waals surface area contributed by atoms with E-state index in [2.05, 4.69) is 36.1 Å². The monoisotopic (exact) mass is 304 g/mol. The molecule has 0 unspecified atom stereocenters. The zero-order valence-electron chi connectivity index (χ0n) is 9.27. The highest BCUT2D eigenvalue weighted by atomic mass is 79.9. The summed E-state index contributed by atoms with van der Waals surface area (Å²) in [4.78, 5) is 18.8. The van der Waals surface area contributed by atoms with Crippen LogP contribution >= 0.6 is 15.9 Å². The van der Waals surface area contributed by atoms with Crippen molar-refractivity contribution in [3.63, 3.8) is 0 Å². The van der Waals surface area contributed by atoms with Crippen LogP contribution in [0.1, 0.15) is 11.4 Å². The van der Waals surface area contributed by atoms with Crippen molar-refractivity contribution in [3.05, 3.63) is 56.7 Å². The van der Waals surface area contributed by atoms with E-state index in [1.54, 1.807) is 0 Å². The van der Waals surface area contributed by atoms with Gasteiger partial charge in [0, 0.05) is 10.9 Å². The average Bonchev–Trinajstić information content (AvgIpc) is 2.81. The quantitative estimate of drug-likeness (QED) is 0.760. The van der Waals surface area contributed by atoms with Crippen LogP contribution in [-0.2, 0) is 6.42 Å². The molecule has 90 valence electrons. The van der Waals surface area contributed by atoms with E-state index in [1.165, 1.54) is 6.20 Å². The topological polar surface area (TPSA) is 74.4 Å². The van der Waals surface area contributed by atoms with Gasteiger partial charge in [0.15, 0.2) is 5.65 Å². The molecule has 3 rings (SSSR count). The minimum absolute atomic E-state index is 0.166. The molecular formula is C12H9BrN4O. The highest BCUT2D eigenvalue weighted by Gasteiger charge is 2.05. The van der Waals surface area contributed by atoms with E-state index < -0.39 is 0 Å². The van der Waals surface area contributed by atoms with Gasteiger partial charge in [-0.1, -0.05) is 28.1 Å². The molecule has 18 heavy (non-hydrogen) atoms. The van der Waals surface area contributed by atoms with E-state index in [-0.39, 0.29) is 5.56 Å². The summed E-state index contributed by atoms with van der Waals surface area (Å²) in [6.45, 7) is 0. The molecule has 5 nitrogen and oxygen atoms in total. The number of aromatic nitrogens is 4. The molecule has 0 bridgehead atoms. The first-order chi connectivity index (χ1) is 8.72. The molecule has 0 aliphatic carbocycles. The Morgan fingerprint density at radius 1 is 1.22 bits per heavy atom. The average molecular weight is 305 g/mol. The van der Waals surface area contributed by atoms with Crippen molar-refractivity contribution in [2.45, 2.75) is 6.42 Å². The third kappa shape index (κ3) is 2.06. The fourth-order valence-corrected chi connectivity index (χ4v) is 2.04. The molecule has 0 fully saturated rings. The Morgan fingerprint density at radius 3 is 2.78 bits per heavy atom. The predicted molar refractivity (Wildman–Crippen MR) is 71.5 cm³/mol. The highest BCUT2D eigenvalue weighted by molar-refractivity contribution is 9.10. The summed E-state index contributed by atoms with van der Waals surface area (Å²) in [5.74, 6) is 0.624. The first-order valence-electron chi connectivity index (χ1n) is 5.39. The summed E-state index contributed by atoms with van der Waals surface area (Å²) in [5.41, 5.74) is 1.44. The summed E-state index contributed by atoms with van der Waals surface area (Å²) in [6.07, 6.45) is 2.06. The number of hydrogen-bond acceptors (Lipinski definition) is 3.